The molecular formula is C19H24N4O3. The van der Waals surface area contributed by atoms with Gasteiger partial charge in [0.15, 0.2) is 0 Å². The quantitative estimate of drug-likeness (QED) is 0.675. The van der Waals surface area contributed by atoms with Gasteiger partial charge in [-0.05, 0) is 43.0 Å². The third-order valence-electron chi connectivity index (χ3n) is 5.48. The van der Waals surface area contributed by atoms with Crippen LogP contribution in [0.1, 0.15) is 47.2 Å². The minimum atomic E-state index is -0.553. The van der Waals surface area contributed by atoms with Gasteiger partial charge in [-0.1, -0.05) is 12.1 Å². The first-order valence-corrected chi connectivity index (χ1v) is 9.32. The number of benzene rings is 1. The molecule has 7 heteroatoms. The molecule has 0 bridgehead atoms. The monoisotopic (exact) mass is 356 g/mol. The fourth-order valence-corrected chi connectivity index (χ4v) is 4.00. The fourth-order valence-electron chi connectivity index (χ4n) is 4.00. The van der Waals surface area contributed by atoms with Gasteiger partial charge in [0.2, 0.25) is 11.8 Å². The molecule has 138 valence electrons. The highest BCUT2D eigenvalue weighted by Crippen LogP contribution is 2.28. The summed E-state index contributed by atoms with van der Waals surface area (Å²) in [7, 11) is 0. The Labute approximate surface area is 152 Å². The Bertz CT molecular complexity index is 742. The summed E-state index contributed by atoms with van der Waals surface area (Å²) < 4.78 is 0. The van der Waals surface area contributed by atoms with Crippen LogP contribution in [0.25, 0.3) is 0 Å². The molecule has 3 heterocycles. The number of hydrogen-bond acceptors (Lipinski definition) is 5. The molecular weight excluding hydrogens is 332 g/mol. The third-order valence-corrected chi connectivity index (χ3v) is 5.48. The lowest BCUT2D eigenvalue weighted by molar-refractivity contribution is -0.136. The number of piperidine rings is 2. The highest BCUT2D eigenvalue weighted by Gasteiger charge is 2.39. The Kier molecular flexibility index (Phi) is 4.74. The Morgan fingerprint density at radius 2 is 2.08 bits per heavy atom. The first-order chi connectivity index (χ1) is 12.6. The number of hydrogen-bond donors (Lipinski definition) is 3. The lowest BCUT2D eigenvalue weighted by Gasteiger charge is -2.29. The SMILES string of the molecule is O=C1CCC(N2Cc3ccc(CN[C@@H]4CCCNC4)cc3C2=O)C(=O)N1. The molecule has 7 nitrogen and oxygen atoms in total. The summed E-state index contributed by atoms with van der Waals surface area (Å²) in [5.74, 6) is -0.745. The summed E-state index contributed by atoms with van der Waals surface area (Å²) in [6.07, 6.45) is 3.02. The highest BCUT2D eigenvalue weighted by atomic mass is 16.2. The van der Waals surface area contributed by atoms with Crippen LogP contribution < -0.4 is 16.0 Å². The Hall–Kier alpha value is -2.25. The lowest BCUT2D eigenvalue weighted by Crippen LogP contribution is -2.52. The van der Waals surface area contributed by atoms with Crippen molar-refractivity contribution in [2.45, 2.75) is 50.9 Å². The molecule has 0 saturated carbocycles. The standard InChI is InChI=1S/C19H24N4O3/c24-17-6-5-16(18(25)22-17)23-11-13-4-3-12(8-15(13)19(23)26)9-21-14-2-1-7-20-10-14/h3-4,8,14,16,20-21H,1-2,5-7,9-11H2,(H,22,24,25)/t14-,16?/m1/s1. The molecule has 2 atom stereocenters. The Morgan fingerprint density at radius 3 is 2.85 bits per heavy atom. The normalized spacial score (nSPS) is 26.0. The maximum absolute atomic E-state index is 12.8. The fraction of sp³-hybridized carbons (Fsp3) is 0.526. The zero-order valence-electron chi connectivity index (χ0n) is 14.7. The van der Waals surface area contributed by atoms with Gasteiger partial charge < -0.3 is 15.5 Å². The van der Waals surface area contributed by atoms with E-state index in [0.717, 1.165) is 30.8 Å². The summed E-state index contributed by atoms with van der Waals surface area (Å²) in [5, 5.41) is 9.26. The van der Waals surface area contributed by atoms with Crippen LogP contribution >= 0.6 is 0 Å². The number of nitrogens with zero attached hydrogens (tertiary/aromatic N) is 1. The van der Waals surface area contributed by atoms with Crippen LogP contribution in [0.15, 0.2) is 18.2 Å². The zero-order valence-corrected chi connectivity index (χ0v) is 14.7. The summed E-state index contributed by atoms with van der Waals surface area (Å²) in [4.78, 5) is 37.8. The first kappa shape index (κ1) is 17.2. The van der Waals surface area contributed by atoms with Crippen LogP contribution in [0, 0.1) is 0 Å². The average Bonchev–Trinajstić information content (AvgIpc) is 2.97. The number of carbonyl (C=O) groups is 3. The molecule has 1 unspecified atom stereocenters. The minimum absolute atomic E-state index is 0.115. The number of carbonyl (C=O) groups excluding carboxylic acids is 3. The largest absolute Gasteiger partial charge is 0.322 e. The molecule has 0 spiro atoms. The molecule has 1 aromatic carbocycles. The van der Waals surface area contributed by atoms with E-state index in [1.165, 1.54) is 12.8 Å². The predicted octanol–water partition coefficient (Wildman–Crippen LogP) is 0.289. The number of fused-ring (bicyclic) bond motifs is 1. The van der Waals surface area contributed by atoms with Crippen LogP contribution in [0.2, 0.25) is 0 Å². The number of imide groups is 1. The second-order valence-electron chi connectivity index (χ2n) is 7.32. The molecule has 3 aliphatic heterocycles. The van der Waals surface area contributed by atoms with Crippen molar-refractivity contribution in [3.8, 4) is 0 Å². The van der Waals surface area contributed by atoms with Crippen LogP contribution in [-0.4, -0.2) is 47.8 Å². The van der Waals surface area contributed by atoms with E-state index < -0.39 is 6.04 Å². The van der Waals surface area contributed by atoms with Gasteiger partial charge in [-0.15, -0.1) is 0 Å². The first-order valence-electron chi connectivity index (χ1n) is 9.32. The molecule has 3 N–H and O–H groups in total. The topological polar surface area (TPSA) is 90.5 Å². The van der Waals surface area contributed by atoms with E-state index in [9.17, 15) is 14.4 Å². The average molecular weight is 356 g/mol. The number of amides is 3. The second kappa shape index (κ2) is 7.17. The minimum Gasteiger partial charge on any atom is -0.322 e. The van der Waals surface area contributed by atoms with Gasteiger partial charge in [-0.2, -0.15) is 0 Å². The predicted molar refractivity (Wildman–Crippen MR) is 95.2 cm³/mol. The molecule has 0 aromatic heterocycles. The maximum atomic E-state index is 12.8. The lowest BCUT2D eigenvalue weighted by atomic mass is 10.0. The van der Waals surface area contributed by atoms with E-state index in [4.69, 9.17) is 0 Å². The summed E-state index contributed by atoms with van der Waals surface area (Å²) in [6, 6.07) is 5.88. The number of rotatable bonds is 4. The van der Waals surface area contributed by atoms with Gasteiger partial charge in [0.25, 0.3) is 5.91 Å². The van der Waals surface area contributed by atoms with Crippen molar-refractivity contribution in [1.29, 1.82) is 0 Å². The van der Waals surface area contributed by atoms with Crippen molar-refractivity contribution in [2.24, 2.45) is 0 Å². The van der Waals surface area contributed by atoms with Crippen molar-refractivity contribution < 1.29 is 14.4 Å². The number of nitrogens with one attached hydrogen (secondary N) is 3. The van der Waals surface area contributed by atoms with Gasteiger partial charge in [0.05, 0.1) is 0 Å². The van der Waals surface area contributed by atoms with Crippen molar-refractivity contribution in [3.05, 3.63) is 34.9 Å². The summed E-state index contributed by atoms with van der Waals surface area (Å²) in [5.41, 5.74) is 2.70. The third kappa shape index (κ3) is 3.37. The van der Waals surface area contributed by atoms with E-state index in [1.54, 1.807) is 4.90 Å². The molecule has 3 aliphatic rings. The van der Waals surface area contributed by atoms with E-state index in [2.05, 4.69) is 16.0 Å². The van der Waals surface area contributed by atoms with Gasteiger partial charge in [-0.25, -0.2) is 0 Å². The molecule has 2 fully saturated rings. The van der Waals surface area contributed by atoms with E-state index >= 15 is 0 Å². The van der Waals surface area contributed by atoms with Crippen LogP contribution in [0.5, 0.6) is 0 Å². The van der Waals surface area contributed by atoms with Crippen molar-refractivity contribution in [2.75, 3.05) is 13.1 Å². The molecule has 3 amide bonds. The van der Waals surface area contributed by atoms with E-state index in [1.807, 2.05) is 18.2 Å². The van der Waals surface area contributed by atoms with Gasteiger partial charge >= 0.3 is 0 Å². The van der Waals surface area contributed by atoms with Crippen molar-refractivity contribution in [1.82, 2.24) is 20.9 Å². The van der Waals surface area contributed by atoms with Crippen molar-refractivity contribution >= 4 is 17.7 Å². The van der Waals surface area contributed by atoms with Crippen LogP contribution in [-0.2, 0) is 22.7 Å². The van der Waals surface area contributed by atoms with Crippen LogP contribution in [0.3, 0.4) is 0 Å². The molecule has 0 aliphatic carbocycles. The highest BCUT2D eigenvalue weighted by molar-refractivity contribution is 6.05. The molecule has 4 rings (SSSR count). The van der Waals surface area contributed by atoms with Gasteiger partial charge in [0, 0.05) is 37.7 Å². The van der Waals surface area contributed by atoms with E-state index in [-0.39, 0.29) is 24.1 Å². The van der Waals surface area contributed by atoms with Crippen molar-refractivity contribution in [3.63, 3.8) is 0 Å². The molecule has 0 radical (unpaired) electrons. The van der Waals surface area contributed by atoms with E-state index in [0.29, 0.717) is 24.6 Å². The maximum Gasteiger partial charge on any atom is 0.255 e. The zero-order chi connectivity index (χ0) is 18.1. The van der Waals surface area contributed by atoms with Crippen LogP contribution in [0.4, 0.5) is 0 Å². The van der Waals surface area contributed by atoms with Gasteiger partial charge in [-0.3, -0.25) is 19.7 Å². The second-order valence-corrected chi connectivity index (χ2v) is 7.32. The smallest absolute Gasteiger partial charge is 0.255 e. The van der Waals surface area contributed by atoms with Gasteiger partial charge in [0.1, 0.15) is 6.04 Å². The molecule has 2 saturated heterocycles. The summed E-state index contributed by atoms with van der Waals surface area (Å²) >= 11 is 0. The molecule has 26 heavy (non-hydrogen) atoms. The Morgan fingerprint density at radius 1 is 1.19 bits per heavy atom. The summed E-state index contributed by atoms with van der Waals surface area (Å²) in [6.45, 7) is 3.22. The molecule has 1 aromatic rings. The Balaban J connectivity index is 1.43.